The molecule has 3 atom stereocenters. The van der Waals surface area contributed by atoms with Crippen LogP contribution in [0.3, 0.4) is 0 Å². The zero-order chi connectivity index (χ0) is 11.5. The number of amidine groups is 1. The molecule has 0 aromatic heterocycles. The van der Waals surface area contributed by atoms with Gasteiger partial charge in [-0.25, -0.2) is 0 Å². The van der Waals surface area contributed by atoms with Gasteiger partial charge in [-0.2, -0.15) is 0 Å². The molecule has 16 heavy (non-hydrogen) atoms. The van der Waals surface area contributed by atoms with Gasteiger partial charge in [-0.15, -0.1) is 0 Å². The van der Waals surface area contributed by atoms with Crippen LogP contribution >= 0.6 is 11.8 Å². The lowest BCUT2D eigenvalue weighted by Crippen LogP contribution is -2.38. The van der Waals surface area contributed by atoms with Crippen LogP contribution in [0.5, 0.6) is 0 Å². The molecule has 2 rings (SSSR count). The summed E-state index contributed by atoms with van der Waals surface area (Å²) in [5, 5.41) is 4.81. The third-order valence-electron chi connectivity index (χ3n) is 4.09. The smallest absolute Gasteiger partial charge is 0.157 e. The lowest BCUT2D eigenvalue weighted by molar-refractivity contribution is 0.425. The summed E-state index contributed by atoms with van der Waals surface area (Å²) in [6.07, 6.45) is 5.64. The number of rotatable bonds is 2. The van der Waals surface area contributed by atoms with Crippen LogP contribution in [-0.4, -0.2) is 23.0 Å². The molecule has 0 aromatic carbocycles. The van der Waals surface area contributed by atoms with Crippen LogP contribution in [0.1, 0.15) is 46.5 Å². The first-order valence-corrected chi connectivity index (χ1v) is 7.62. The van der Waals surface area contributed by atoms with Crippen molar-refractivity contribution in [2.45, 2.75) is 58.5 Å². The second-order valence-electron chi connectivity index (χ2n) is 5.44. The fourth-order valence-corrected chi connectivity index (χ4v) is 3.76. The summed E-state index contributed by atoms with van der Waals surface area (Å²) in [4.78, 5) is 4.74. The van der Waals surface area contributed by atoms with Crippen LogP contribution in [-0.2, 0) is 0 Å². The first kappa shape index (κ1) is 12.3. The third-order valence-corrected chi connectivity index (χ3v) is 5.27. The van der Waals surface area contributed by atoms with Gasteiger partial charge in [0.15, 0.2) is 5.17 Å². The Hall–Kier alpha value is -0.180. The van der Waals surface area contributed by atoms with Gasteiger partial charge in [-0.3, -0.25) is 4.99 Å². The predicted octanol–water partition coefficient (Wildman–Crippen LogP) is 3.28. The Morgan fingerprint density at radius 2 is 2.00 bits per heavy atom. The molecule has 0 bridgehead atoms. The average Bonchev–Trinajstić information content (AvgIpc) is 2.77. The topological polar surface area (TPSA) is 24.4 Å². The molecule has 3 heteroatoms. The van der Waals surface area contributed by atoms with Gasteiger partial charge >= 0.3 is 0 Å². The lowest BCUT2D eigenvalue weighted by atomic mass is 10.0. The van der Waals surface area contributed by atoms with Gasteiger partial charge in [0.25, 0.3) is 0 Å². The fourth-order valence-electron chi connectivity index (χ4n) is 2.55. The summed E-state index contributed by atoms with van der Waals surface area (Å²) in [6.45, 7) is 6.84. The van der Waals surface area contributed by atoms with E-state index in [0.29, 0.717) is 12.1 Å². The predicted molar refractivity (Wildman–Crippen MR) is 73.1 cm³/mol. The fraction of sp³-hybridized carbons (Fsp3) is 0.923. The van der Waals surface area contributed by atoms with E-state index < -0.39 is 0 Å². The summed E-state index contributed by atoms with van der Waals surface area (Å²) in [5.41, 5.74) is 0. The maximum atomic E-state index is 4.74. The Balaban J connectivity index is 1.86. The van der Waals surface area contributed by atoms with Crippen LogP contribution in [0.25, 0.3) is 0 Å². The molecule has 1 heterocycles. The summed E-state index contributed by atoms with van der Waals surface area (Å²) in [6, 6.07) is 1.09. The largest absolute Gasteiger partial charge is 0.362 e. The third kappa shape index (κ3) is 2.93. The van der Waals surface area contributed by atoms with Crippen molar-refractivity contribution in [2.75, 3.05) is 5.75 Å². The SMILES string of the molecule is CC1CSC(NC(C)C2CCCC2)=NC1C. The summed E-state index contributed by atoms with van der Waals surface area (Å²) in [5.74, 6) is 2.81. The van der Waals surface area contributed by atoms with Crippen LogP contribution in [0.2, 0.25) is 0 Å². The van der Waals surface area contributed by atoms with E-state index in [-0.39, 0.29) is 0 Å². The van der Waals surface area contributed by atoms with Gasteiger partial charge in [0.05, 0.1) is 6.04 Å². The van der Waals surface area contributed by atoms with Crippen LogP contribution in [0.4, 0.5) is 0 Å². The summed E-state index contributed by atoms with van der Waals surface area (Å²) < 4.78 is 0. The van der Waals surface area contributed by atoms with E-state index in [9.17, 15) is 0 Å². The van der Waals surface area contributed by atoms with Crippen molar-refractivity contribution < 1.29 is 0 Å². The minimum Gasteiger partial charge on any atom is -0.362 e. The van der Waals surface area contributed by atoms with E-state index in [1.807, 2.05) is 11.8 Å². The maximum absolute atomic E-state index is 4.74. The number of thioether (sulfide) groups is 1. The molecule has 1 aliphatic carbocycles. The number of aliphatic imine (C=N–C) groups is 1. The molecule has 1 fully saturated rings. The Bertz CT molecular complexity index is 259. The van der Waals surface area contributed by atoms with E-state index in [0.717, 1.165) is 11.8 Å². The number of nitrogens with one attached hydrogen (secondary N) is 1. The molecule has 2 nitrogen and oxygen atoms in total. The molecule has 0 radical (unpaired) electrons. The molecule has 0 aromatic rings. The zero-order valence-corrected chi connectivity index (χ0v) is 11.5. The van der Waals surface area contributed by atoms with Crippen molar-refractivity contribution in [1.82, 2.24) is 5.32 Å². The highest BCUT2D eigenvalue weighted by Crippen LogP contribution is 2.28. The monoisotopic (exact) mass is 240 g/mol. The van der Waals surface area contributed by atoms with Crippen molar-refractivity contribution in [3.8, 4) is 0 Å². The minimum atomic E-state index is 0.486. The Kier molecular flexibility index (Phi) is 4.17. The maximum Gasteiger partial charge on any atom is 0.157 e. The van der Waals surface area contributed by atoms with Crippen LogP contribution < -0.4 is 5.32 Å². The first-order chi connectivity index (χ1) is 7.66. The molecule has 0 spiro atoms. The number of nitrogens with zero attached hydrogens (tertiary/aromatic N) is 1. The van der Waals surface area contributed by atoms with Crippen molar-refractivity contribution in [1.29, 1.82) is 0 Å². The molecule has 1 saturated carbocycles. The minimum absolute atomic E-state index is 0.486. The highest BCUT2D eigenvalue weighted by molar-refractivity contribution is 8.13. The molecule has 3 unspecified atom stereocenters. The van der Waals surface area contributed by atoms with Crippen LogP contribution in [0.15, 0.2) is 4.99 Å². The Morgan fingerprint density at radius 1 is 1.31 bits per heavy atom. The Labute approximate surface area is 104 Å². The van der Waals surface area contributed by atoms with Gasteiger partial charge in [-0.05, 0) is 38.5 Å². The molecule has 1 aliphatic heterocycles. The lowest BCUT2D eigenvalue weighted by Gasteiger charge is -2.28. The highest BCUT2D eigenvalue weighted by Gasteiger charge is 2.24. The molecule has 0 amide bonds. The Morgan fingerprint density at radius 3 is 2.62 bits per heavy atom. The van der Waals surface area contributed by atoms with E-state index >= 15 is 0 Å². The van der Waals surface area contributed by atoms with Gasteiger partial charge in [0, 0.05) is 11.8 Å². The van der Waals surface area contributed by atoms with Crippen LogP contribution in [0, 0.1) is 11.8 Å². The molecular weight excluding hydrogens is 216 g/mol. The summed E-state index contributed by atoms with van der Waals surface area (Å²) >= 11 is 1.90. The van der Waals surface area contributed by atoms with E-state index in [2.05, 4.69) is 26.1 Å². The van der Waals surface area contributed by atoms with E-state index in [4.69, 9.17) is 4.99 Å². The normalized spacial score (nSPS) is 33.6. The average molecular weight is 240 g/mol. The van der Waals surface area contributed by atoms with E-state index in [1.165, 1.54) is 36.6 Å². The van der Waals surface area contributed by atoms with Gasteiger partial charge < -0.3 is 5.32 Å². The first-order valence-electron chi connectivity index (χ1n) is 6.64. The van der Waals surface area contributed by atoms with Crippen molar-refractivity contribution in [2.24, 2.45) is 16.8 Å². The van der Waals surface area contributed by atoms with Gasteiger partial charge in [0.2, 0.25) is 0 Å². The zero-order valence-electron chi connectivity index (χ0n) is 10.7. The number of hydrogen-bond acceptors (Lipinski definition) is 3. The molecule has 0 saturated heterocycles. The van der Waals surface area contributed by atoms with Crippen molar-refractivity contribution >= 4 is 16.9 Å². The molecular formula is C13H24N2S. The van der Waals surface area contributed by atoms with Gasteiger partial charge in [-0.1, -0.05) is 31.5 Å². The summed E-state index contributed by atoms with van der Waals surface area (Å²) in [7, 11) is 0. The van der Waals surface area contributed by atoms with Crippen molar-refractivity contribution in [3.05, 3.63) is 0 Å². The quantitative estimate of drug-likeness (QED) is 0.801. The molecule has 1 N–H and O–H groups in total. The molecule has 2 aliphatic rings. The number of hydrogen-bond donors (Lipinski definition) is 1. The second-order valence-corrected chi connectivity index (χ2v) is 6.45. The molecule has 92 valence electrons. The van der Waals surface area contributed by atoms with Crippen molar-refractivity contribution in [3.63, 3.8) is 0 Å². The highest BCUT2D eigenvalue weighted by atomic mass is 32.2. The van der Waals surface area contributed by atoms with E-state index in [1.54, 1.807) is 0 Å². The standard InChI is InChI=1S/C13H24N2S/c1-9-8-16-13(14-10(9)2)15-11(3)12-6-4-5-7-12/h9-12H,4-8H2,1-3H3,(H,14,15). The van der Waals surface area contributed by atoms with Gasteiger partial charge in [0.1, 0.15) is 0 Å². The second kappa shape index (κ2) is 5.44.